The van der Waals surface area contributed by atoms with Crippen LogP contribution in [0.5, 0.6) is 23.0 Å². The molecule has 0 aliphatic carbocycles. The van der Waals surface area contributed by atoms with Gasteiger partial charge in [0.05, 0.1) is 87.0 Å². The number of ether oxygens (including phenoxy) is 8. The van der Waals surface area contributed by atoms with E-state index in [0.717, 1.165) is 44.0 Å². The molecule has 1 fully saturated rings. The number of carbonyl (C=O) groups is 2. The zero-order valence-corrected chi connectivity index (χ0v) is 49.3. The van der Waals surface area contributed by atoms with Crippen LogP contribution in [0.25, 0.3) is 44.6 Å². The number of hydrogen-bond acceptors (Lipinski definition) is 20. The second-order valence-corrected chi connectivity index (χ2v) is 21.0. The summed E-state index contributed by atoms with van der Waals surface area (Å²) in [5.74, 6) is 0.991. The van der Waals surface area contributed by atoms with E-state index in [1.807, 2.05) is 36.7 Å². The molecule has 4 aromatic heterocycles. The Morgan fingerprint density at radius 2 is 0.921 bits per heavy atom. The molecule has 11 rings (SSSR count). The van der Waals surface area contributed by atoms with E-state index in [9.17, 15) is 19.2 Å². The fraction of sp³-hybridized carbons (Fsp3) is 0.284. The molecule has 6 aromatic carbocycles. The van der Waals surface area contributed by atoms with Crippen molar-refractivity contribution in [2.75, 3.05) is 80.0 Å². The Bertz CT molecular complexity index is 3880. The van der Waals surface area contributed by atoms with Crippen LogP contribution < -0.4 is 29.8 Å². The Morgan fingerprint density at radius 1 is 0.483 bits per heavy atom. The van der Waals surface area contributed by atoms with Crippen molar-refractivity contribution in [3.8, 4) is 45.6 Å². The SMILES string of the molecule is COC(=O)c1cccc(COc2c(-c3ccc(OCCOCCn4cc(CN5CCCN(Cc6cn(CCOCCOc7ccc(-c8oc9ccccc9c(=O)c8OCc8cccc(C(=O)OC)c8)cc7)nn6)CC5)nn4)cc3)oc3ccccc3c2=O)c1. The molecule has 0 radical (unpaired) electrons. The molecule has 0 spiro atoms. The van der Waals surface area contributed by atoms with Gasteiger partial charge in [0.2, 0.25) is 22.4 Å². The van der Waals surface area contributed by atoms with Crippen LogP contribution >= 0.6 is 0 Å². The lowest BCUT2D eigenvalue weighted by molar-refractivity contribution is 0.0591. The van der Waals surface area contributed by atoms with Gasteiger partial charge in [-0.1, -0.05) is 59.0 Å². The number of hydrogen-bond donors (Lipinski definition) is 0. The molecular formula is C67H66N8O14. The van der Waals surface area contributed by atoms with Crippen molar-refractivity contribution in [2.45, 2.75) is 45.8 Å². The minimum atomic E-state index is -0.465. The molecule has 1 aliphatic heterocycles. The van der Waals surface area contributed by atoms with Gasteiger partial charge >= 0.3 is 11.9 Å². The number of nitrogens with zero attached hydrogens (tertiary/aromatic N) is 8. The van der Waals surface area contributed by atoms with Crippen LogP contribution in [0.15, 0.2) is 176 Å². The molecule has 0 N–H and O–H groups in total. The average molecular weight is 1210 g/mol. The summed E-state index contributed by atoms with van der Waals surface area (Å²) >= 11 is 0. The maximum absolute atomic E-state index is 13.7. The number of aromatic nitrogens is 6. The highest BCUT2D eigenvalue weighted by Crippen LogP contribution is 2.34. The summed E-state index contributed by atoms with van der Waals surface area (Å²) in [4.78, 5) is 56.4. The molecule has 5 heterocycles. The van der Waals surface area contributed by atoms with Gasteiger partial charge in [-0.15, -0.1) is 10.2 Å². The van der Waals surface area contributed by atoms with Crippen molar-refractivity contribution in [1.29, 1.82) is 0 Å². The minimum absolute atomic E-state index is 0.0274. The van der Waals surface area contributed by atoms with Crippen LogP contribution in [0, 0.1) is 0 Å². The van der Waals surface area contributed by atoms with Crippen LogP contribution in [0.4, 0.5) is 0 Å². The molecule has 1 saturated heterocycles. The van der Waals surface area contributed by atoms with Crippen molar-refractivity contribution in [1.82, 2.24) is 39.8 Å². The topological polar surface area (TPSA) is 236 Å². The fourth-order valence-corrected chi connectivity index (χ4v) is 10.2. The second kappa shape index (κ2) is 29.6. The van der Waals surface area contributed by atoms with Gasteiger partial charge in [0.15, 0.2) is 11.5 Å². The van der Waals surface area contributed by atoms with Gasteiger partial charge in [-0.3, -0.25) is 19.4 Å². The number of rotatable bonds is 28. The number of esters is 2. The van der Waals surface area contributed by atoms with Crippen molar-refractivity contribution in [3.05, 3.63) is 212 Å². The van der Waals surface area contributed by atoms with Gasteiger partial charge in [-0.05, 0) is 128 Å². The molecule has 89 heavy (non-hydrogen) atoms. The van der Waals surface area contributed by atoms with Gasteiger partial charge in [-0.25, -0.2) is 19.0 Å². The maximum atomic E-state index is 13.7. The highest BCUT2D eigenvalue weighted by molar-refractivity contribution is 5.90. The van der Waals surface area contributed by atoms with Crippen molar-refractivity contribution >= 4 is 33.9 Å². The zero-order chi connectivity index (χ0) is 61.3. The molecule has 458 valence electrons. The molecule has 22 nitrogen and oxygen atoms in total. The quantitative estimate of drug-likeness (QED) is 0.0328. The van der Waals surface area contributed by atoms with Crippen molar-refractivity contribution < 1.29 is 56.3 Å². The first-order chi connectivity index (χ1) is 43.6. The minimum Gasteiger partial charge on any atom is -0.491 e. The lowest BCUT2D eigenvalue weighted by atomic mass is 10.1. The largest absolute Gasteiger partial charge is 0.491 e. The number of benzene rings is 6. The number of methoxy groups -OCH3 is 2. The van der Waals surface area contributed by atoms with E-state index in [2.05, 4.69) is 30.4 Å². The summed E-state index contributed by atoms with van der Waals surface area (Å²) in [6.07, 6.45) is 4.95. The average Bonchev–Trinajstić information content (AvgIpc) is 1.52. The van der Waals surface area contributed by atoms with Crippen LogP contribution in [-0.4, -0.2) is 132 Å². The van der Waals surface area contributed by atoms with Crippen molar-refractivity contribution in [2.24, 2.45) is 0 Å². The summed E-state index contributed by atoms with van der Waals surface area (Å²) in [5, 5.41) is 18.4. The monoisotopic (exact) mass is 1210 g/mol. The molecule has 10 aromatic rings. The van der Waals surface area contributed by atoms with Gasteiger partial charge in [0.25, 0.3) is 0 Å². The van der Waals surface area contributed by atoms with E-state index in [0.29, 0.717) is 133 Å². The Kier molecular flexibility index (Phi) is 20.2. The summed E-state index contributed by atoms with van der Waals surface area (Å²) < 4.78 is 61.8. The fourth-order valence-electron chi connectivity index (χ4n) is 10.2. The summed E-state index contributed by atoms with van der Waals surface area (Å²) in [5.41, 5.74) is 5.44. The number of para-hydroxylation sites is 2. The predicted molar refractivity (Wildman–Crippen MR) is 328 cm³/mol. The molecule has 22 heteroatoms. The predicted octanol–water partition coefficient (Wildman–Crippen LogP) is 9.05. The zero-order valence-electron chi connectivity index (χ0n) is 49.3. The first-order valence-electron chi connectivity index (χ1n) is 29.2. The first kappa shape index (κ1) is 60.7. The van der Waals surface area contributed by atoms with E-state index in [4.69, 9.17) is 46.7 Å². The maximum Gasteiger partial charge on any atom is 0.337 e. The third-order valence-corrected chi connectivity index (χ3v) is 14.8. The Balaban J connectivity index is 0.565. The lowest BCUT2D eigenvalue weighted by Gasteiger charge is -2.20. The lowest BCUT2D eigenvalue weighted by Crippen LogP contribution is -2.30. The molecule has 0 saturated carbocycles. The Labute approximate surface area is 511 Å². The molecule has 0 unspecified atom stereocenters. The molecule has 0 bridgehead atoms. The van der Waals surface area contributed by atoms with Gasteiger partial charge in [0, 0.05) is 49.7 Å². The van der Waals surface area contributed by atoms with Crippen LogP contribution in [0.2, 0.25) is 0 Å². The van der Waals surface area contributed by atoms with Gasteiger partial charge in [0.1, 0.15) is 49.1 Å². The van der Waals surface area contributed by atoms with E-state index < -0.39 is 11.9 Å². The van der Waals surface area contributed by atoms with Gasteiger partial charge < -0.3 is 46.7 Å². The van der Waals surface area contributed by atoms with Crippen LogP contribution in [-0.2, 0) is 58.3 Å². The van der Waals surface area contributed by atoms with E-state index in [1.54, 1.807) is 131 Å². The summed E-state index contributed by atoms with van der Waals surface area (Å²) in [7, 11) is 2.65. The summed E-state index contributed by atoms with van der Waals surface area (Å²) in [6, 6.07) is 42.2. The first-order valence-corrected chi connectivity index (χ1v) is 29.2. The van der Waals surface area contributed by atoms with Gasteiger partial charge in [-0.2, -0.15) is 0 Å². The second-order valence-electron chi connectivity index (χ2n) is 21.0. The third kappa shape index (κ3) is 15.8. The highest BCUT2D eigenvalue weighted by Gasteiger charge is 2.22. The van der Waals surface area contributed by atoms with E-state index in [1.165, 1.54) is 14.2 Å². The smallest absolute Gasteiger partial charge is 0.337 e. The van der Waals surface area contributed by atoms with Crippen LogP contribution in [0.3, 0.4) is 0 Å². The normalized spacial score (nSPS) is 12.9. The standard InChI is InChI=1S/C67H66N8O14/c1-80-66(78)50-12-7-10-46(38-50)44-86-64-60(76)56-14-3-5-16-58(56)88-62(64)48-18-22-54(23-19-48)84-36-34-82-32-30-74-42-52(68-70-74)40-72-26-9-27-73(29-28-72)41-53-43-75(71-69-53)31-33-83-35-37-85-55-24-20-49(21-25-55)63-65(61(77)57-15-4-6-17-59(57)89-63)87-45-47-11-8-13-51(39-47)67(79)81-2/h3-8,10-25,38-39,42-43H,9,26-37,40-41,44-45H2,1-2H3. The van der Waals surface area contributed by atoms with E-state index >= 15 is 0 Å². The number of fused-ring (bicyclic) bond motifs is 2. The van der Waals surface area contributed by atoms with Crippen molar-refractivity contribution in [3.63, 3.8) is 0 Å². The Morgan fingerprint density at radius 3 is 1.36 bits per heavy atom. The molecule has 1 aliphatic rings. The highest BCUT2D eigenvalue weighted by atomic mass is 16.5. The summed E-state index contributed by atoms with van der Waals surface area (Å²) in [6.45, 7) is 8.45. The molecule has 0 atom stereocenters. The molecule has 0 amide bonds. The Hall–Kier alpha value is -10.0. The van der Waals surface area contributed by atoms with E-state index in [-0.39, 0.29) is 47.1 Å². The molecular weight excluding hydrogens is 1140 g/mol. The van der Waals surface area contributed by atoms with Crippen LogP contribution in [0.1, 0.15) is 49.7 Å². The third-order valence-electron chi connectivity index (χ3n) is 14.8. The number of carbonyl (C=O) groups excluding carboxylic acids is 2.